The van der Waals surface area contributed by atoms with E-state index < -0.39 is 0 Å². The van der Waals surface area contributed by atoms with E-state index in [-0.39, 0.29) is 0 Å². The van der Waals surface area contributed by atoms with Crippen LogP contribution in [0.25, 0.3) is 0 Å². The Balaban J connectivity index is 0. The van der Waals surface area contributed by atoms with Gasteiger partial charge in [-0.05, 0) is 20.8 Å². The zero-order valence-electron chi connectivity index (χ0n) is 7.97. The van der Waals surface area contributed by atoms with Crippen LogP contribution in [0.4, 0.5) is 0 Å². The molecule has 0 aromatic heterocycles. The normalized spacial score (nSPS) is 8.09. The molecule has 0 fully saturated rings. The average Bonchev–Trinajstić information content (AvgIpc) is 1.90. The molecule has 0 amide bonds. The van der Waals surface area contributed by atoms with Crippen LogP contribution in [-0.4, -0.2) is 26.0 Å². The number of nitrogens with zero attached hydrogens (tertiary/aromatic N) is 2. The van der Waals surface area contributed by atoms with E-state index in [2.05, 4.69) is 21.1 Å². The molecule has 66 valence electrons. The lowest BCUT2D eigenvalue weighted by Gasteiger charge is -1.84. The third-order valence-corrected chi connectivity index (χ3v) is 0.594. The molecular weight excluding hydrogens is 140 g/mol. The molecule has 0 atom stereocenters. The monoisotopic (exact) mass is 158 g/mol. The van der Waals surface area contributed by atoms with Gasteiger partial charge in [-0.2, -0.15) is 10.2 Å². The minimum Gasteiger partial charge on any atom is -0.313 e. The first-order chi connectivity index (χ1) is 5.18. The second-order valence-electron chi connectivity index (χ2n) is 1.89. The van der Waals surface area contributed by atoms with Gasteiger partial charge >= 0.3 is 0 Å². The summed E-state index contributed by atoms with van der Waals surface area (Å²) in [6.45, 7) is 5.74. The van der Waals surface area contributed by atoms with Crippen LogP contribution in [0.5, 0.6) is 0 Å². The maximum Gasteiger partial charge on any atom is 0.0316 e. The molecule has 4 nitrogen and oxygen atoms in total. The van der Waals surface area contributed by atoms with E-state index in [4.69, 9.17) is 0 Å². The van der Waals surface area contributed by atoms with Crippen molar-refractivity contribution in [3.63, 3.8) is 0 Å². The SMILES string of the molecule is C/C=N/NC.CNN=C(C)C. The molecule has 0 rings (SSSR count). The number of rotatable bonds is 2. The quantitative estimate of drug-likeness (QED) is 0.461. The molecule has 0 aliphatic carbocycles. The van der Waals surface area contributed by atoms with E-state index in [0.717, 1.165) is 5.71 Å². The second kappa shape index (κ2) is 11.7. The smallest absolute Gasteiger partial charge is 0.0316 e. The maximum atomic E-state index is 3.79. The highest BCUT2D eigenvalue weighted by molar-refractivity contribution is 5.78. The summed E-state index contributed by atoms with van der Waals surface area (Å²) in [5, 5.41) is 7.39. The van der Waals surface area contributed by atoms with Crippen LogP contribution in [0.15, 0.2) is 10.2 Å². The molecule has 11 heavy (non-hydrogen) atoms. The van der Waals surface area contributed by atoms with Gasteiger partial charge < -0.3 is 10.9 Å². The van der Waals surface area contributed by atoms with Crippen LogP contribution in [0.3, 0.4) is 0 Å². The van der Waals surface area contributed by atoms with Gasteiger partial charge in [-0.1, -0.05) is 0 Å². The minimum absolute atomic E-state index is 1.05. The molecule has 0 aromatic carbocycles. The van der Waals surface area contributed by atoms with Gasteiger partial charge in [0.15, 0.2) is 0 Å². The summed E-state index contributed by atoms with van der Waals surface area (Å²) < 4.78 is 0. The summed E-state index contributed by atoms with van der Waals surface area (Å²) in [5.41, 5.74) is 6.30. The predicted molar refractivity (Wildman–Crippen MR) is 51.1 cm³/mol. The van der Waals surface area contributed by atoms with Crippen LogP contribution < -0.4 is 10.9 Å². The summed E-state index contributed by atoms with van der Waals surface area (Å²) >= 11 is 0. The lowest BCUT2D eigenvalue weighted by molar-refractivity contribution is 0.898. The van der Waals surface area contributed by atoms with E-state index in [9.17, 15) is 0 Å². The van der Waals surface area contributed by atoms with Crippen molar-refractivity contribution >= 4 is 11.9 Å². The molecule has 0 radical (unpaired) electrons. The van der Waals surface area contributed by atoms with Crippen molar-refractivity contribution in [3.8, 4) is 0 Å². The van der Waals surface area contributed by atoms with Gasteiger partial charge in [-0.15, -0.1) is 0 Å². The standard InChI is InChI=1S/C4H10N2.C3H8N2/c1-4(2)6-5-3;1-3-5-4-2/h5H,1-3H3;3-4H,1-2H3/b;5-3+. The molecule has 0 spiro atoms. The molecule has 0 aliphatic heterocycles. The summed E-state index contributed by atoms with van der Waals surface area (Å²) in [6, 6.07) is 0. The van der Waals surface area contributed by atoms with E-state index in [1.165, 1.54) is 0 Å². The van der Waals surface area contributed by atoms with Crippen LogP contribution >= 0.6 is 0 Å². The van der Waals surface area contributed by atoms with Crippen molar-refractivity contribution in [3.05, 3.63) is 0 Å². The molecule has 0 saturated carbocycles. The molecule has 0 heterocycles. The van der Waals surface area contributed by atoms with Crippen LogP contribution in [-0.2, 0) is 0 Å². The fraction of sp³-hybridized carbons (Fsp3) is 0.714. The van der Waals surface area contributed by atoms with Crippen molar-refractivity contribution in [2.75, 3.05) is 14.1 Å². The number of hydrogen-bond donors (Lipinski definition) is 2. The summed E-state index contributed by atoms with van der Waals surface area (Å²) in [5.74, 6) is 0. The molecule has 0 aliphatic rings. The Morgan fingerprint density at radius 2 is 1.73 bits per heavy atom. The van der Waals surface area contributed by atoms with Crippen molar-refractivity contribution in [1.82, 2.24) is 10.9 Å². The Morgan fingerprint density at radius 3 is 1.73 bits per heavy atom. The number of nitrogens with one attached hydrogen (secondary N) is 2. The zero-order chi connectivity index (χ0) is 9.11. The Morgan fingerprint density at radius 1 is 1.18 bits per heavy atom. The summed E-state index contributed by atoms with van der Waals surface area (Å²) in [4.78, 5) is 0. The van der Waals surface area contributed by atoms with Crippen molar-refractivity contribution < 1.29 is 0 Å². The Hall–Kier alpha value is -1.06. The second-order valence-corrected chi connectivity index (χ2v) is 1.89. The summed E-state index contributed by atoms with van der Waals surface area (Å²) in [6.07, 6.45) is 1.69. The van der Waals surface area contributed by atoms with Crippen LogP contribution in [0.2, 0.25) is 0 Å². The largest absolute Gasteiger partial charge is 0.313 e. The van der Waals surface area contributed by atoms with Gasteiger partial charge in [0, 0.05) is 26.0 Å². The molecule has 0 bridgehead atoms. The molecule has 0 aromatic rings. The maximum absolute atomic E-state index is 3.79. The lowest BCUT2D eigenvalue weighted by Crippen LogP contribution is -1.96. The number of hydrazone groups is 2. The molecular formula is C7H18N4. The highest BCUT2D eigenvalue weighted by atomic mass is 15.3. The van der Waals surface area contributed by atoms with Crippen LogP contribution in [0, 0.1) is 0 Å². The van der Waals surface area contributed by atoms with Gasteiger partial charge in [0.2, 0.25) is 0 Å². The first kappa shape index (κ1) is 12.6. The van der Waals surface area contributed by atoms with Gasteiger partial charge in [0.1, 0.15) is 0 Å². The fourth-order valence-electron chi connectivity index (χ4n) is 0.353. The first-order valence-electron chi connectivity index (χ1n) is 3.51. The van der Waals surface area contributed by atoms with Crippen molar-refractivity contribution in [1.29, 1.82) is 0 Å². The summed E-state index contributed by atoms with van der Waals surface area (Å²) in [7, 11) is 3.55. The minimum atomic E-state index is 1.05. The van der Waals surface area contributed by atoms with Gasteiger partial charge in [-0.25, -0.2) is 0 Å². The highest BCUT2D eigenvalue weighted by Crippen LogP contribution is 1.63. The fourth-order valence-corrected chi connectivity index (χ4v) is 0.353. The van der Waals surface area contributed by atoms with Crippen molar-refractivity contribution in [2.24, 2.45) is 10.2 Å². The average molecular weight is 158 g/mol. The third kappa shape index (κ3) is 27.7. The Kier molecular flexibility index (Phi) is 13.4. The Labute approximate surface area is 68.8 Å². The predicted octanol–water partition coefficient (Wildman–Crippen LogP) is 0.813. The molecule has 2 N–H and O–H groups in total. The van der Waals surface area contributed by atoms with Gasteiger partial charge in [0.25, 0.3) is 0 Å². The highest BCUT2D eigenvalue weighted by Gasteiger charge is 1.67. The zero-order valence-corrected chi connectivity index (χ0v) is 7.97. The van der Waals surface area contributed by atoms with E-state index >= 15 is 0 Å². The van der Waals surface area contributed by atoms with E-state index in [1.807, 2.05) is 20.8 Å². The third-order valence-electron chi connectivity index (χ3n) is 0.594. The molecule has 0 unspecified atom stereocenters. The molecule has 4 heteroatoms. The molecule has 0 saturated heterocycles. The Bertz CT molecular complexity index is 114. The van der Waals surface area contributed by atoms with E-state index in [0.29, 0.717) is 0 Å². The van der Waals surface area contributed by atoms with Gasteiger partial charge in [-0.3, -0.25) is 0 Å². The van der Waals surface area contributed by atoms with Crippen LogP contribution in [0.1, 0.15) is 20.8 Å². The first-order valence-corrected chi connectivity index (χ1v) is 3.51. The topological polar surface area (TPSA) is 48.8 Å². The van der Waals surface area contributed by atoms with E-state index in [1.54, 1.807) is 20.3 Å². The van der Waals surface area contributed by atoms with Crippen molar-refractivity contribution in [2.45, 2.75) is 20.8 Å². The lowest BCUT2D eigenvalue weighted by atomic mass is 10.5. The van der Waals surface area contributed by atoms with Gasteiger partial charge in [0.05, 0.1) is 0 Å². The number of hydrogen-bond acceptors (Lipinski definition) is 4.